The molecular formula is C16H19F2NO3. The number of likely N-dealkylation sites (tertiary alicyclic amines) is 1. The van der Waals surface area contributed by atoms with Crippen LogP contribution in [0.5, 0.6) is 5.75 Å². The standard InChI is InChI=1S/C16H19F2NO3/c1-11(10-20)2-5-16(21)19-7-6-13(9-19)22-15-8-12(17)3-4-14(15)18/h3-4,8,13,20H,1-2,5-7,9-10H2. The van der Waals surface area contributed by atoms with Crippen LogP contribution in [0, 0.1) is 11.6 Å². The van der Waals surface area contributed by atoms with Gasteiger partial charge in [0, 0.05) is 25.5 Å². The molecule has 1 aliphatic rings. The minimum absolute atomic E-state index is 0.0552. The van der Waals surface area contributed by atoms with Gasteiger partial charge in [-0.05, 0) is 18.6 Å². The van der Waals surface area contributed by atoms with Crippen molar-refractivity contribution in [3.05, 3.63) is 42.0 Å². The van der Waals surface area contributed by atoms with E-state index in [0.29, 0.717) is 31.5 Å². The van der Waals surface area contributed by atoms with Crippen LogP contribution in [0.4, 0.5) is 8.78 Å². The normalized spacial score (nSPS) is 17.6. The number of aliphatic hydroxyl groups excluding tert-OH is 1. The number of benzene rings is 1. The van der Waals surface area contributed by atoms with Crippen LogP contribution in [0.1, 0.15) is 19.3 Å². The van der Waals surface area contributed by atoms with E-state index >= 15 is 0 Å². The van der Waals surface area contributed by atoms with Crippen LogP contribution in [0.2, 0.25) is 0 Å². The Hall–Kier alpha value is -1.95. The molecule has 1 unspecified atom stereocenters. The lowest BCUT2D eigenvalue weighted by molar-refractivity contribution is -0.130. The van der Waals surface area contributed by atoms with Crippen molar-refractivity contribution in [1.29, 1.82) is 0 Å². The highest BCUT2D eigenvalue weighted by atomic mass is 19.1. The van der Waals surface area contributed by atoms with Crippen LogP contribution < -0.4 is 4.74 Å². The van der Waals surface area contributed by atoms with Crippen molar-refractivity contribution in [1.82, 2.24) is 4.90 Å². The minimum atomic E-state index is -0.620. The molecule has 1 amide bonds. The van der Waals surface area contributed by atoms with Gasteiger partial charge in [-0.3, -0.25) is 4.79 Å². The van der Waals surface area contributed by atoms with E-state index in [1.54, 1.807) is 4.90 Å². The number of rotatable bonds is 6. The zero-order chi connectivity index (χ0) is 16.1. The number of halogens is 2. The zero-order valence-corrected chi connectivity index (χ0v) is 12.2. The van der Waals surface area contributed by atoms with Gasteiger partial charge in [0.05, 0.1) is 13.2 Å². The van der Waals surface area contributed by atoms with Crippen molar-refractivity contribution < 1.29 is 23.4 Å². The van der Waals surface area contributed by atoms with Crippen molar-refractivity contribution in [2.75, 3.05) is 19.7 Å². The van der Waals surface area contributed by atoms with Gasteiger partial charge in [-0.2, -0.15) is 0 Å². The third-order valence-electron chi connectivity index (χ3n) is 3.60. The number of hydrogen-bond donors (Lipinski definition) is 1. The molecule has 1 aromatic carbocycles. The maximum atomic E-state index is 13.5. The number of amides is 1. The fourth-order valence-corrected chi connectivity index (χ4v) is 2.32. The fraction of sp³-hybridized carbons (Fsp3) is 0.438. The van der Waals surface area contributed by atoms with Crippen LogP contribution in [-0.2, 0) is 4.79 Å². The van der Waals surface area contributed by atoms with Crippen LogP contribution in [0.15, 0.2) is 30.4 Å². The summed E-state index contributed by atoms with van der Waals surface area (Å²) < 4.78 is 32.1. The lowest BCUT2D eigenvalue weighted by Gasteiger charge is -2.17. The minimum Gasteiger partial charge on any atom is -0.485 e. The largest absolute Gasteiger partial charge is 0.485 e. The average molecular weight is 311 g/mol. The molecule has 6 heteroatoms. The lowest BCUT2D eigenvalue weighted by Crippen LogP contribution is -2.30. The topological polar surface area (TPSA) is 49.8 Å². The molecule has 1 aliphatic heterocycles. The van der Waals surface area contributed by atoms with Crippen LogP contribution in [0.3, 0.4) is 0 Å². The van der Waals surface area contributed by atoms with E-state index < -0.39 is 11.6 Å². The van der Waals surface area contributed by atoms with E-state index in [1.807, 2.05) is 0 Å². The predicted molar refractivity (Wildman–Crippen MR) is 77.4 cm³/mol. The molecule has 0 aromatic heterocycles. The summed E-state index contributed by atoms with van der Waals surface area (Å²) in [5, 5.41) is 8.86. The Morgan fingerprint density at radius 1 is 1.41 bits per heavy atom. The van der Waals surface area contributed by atoms with Gasteiger partial charge in [0.1, 0.15) is 11.9 Å². The Kier molecular flexibility index (Phi) is 5.49. The first-order valence-electron chi connectivity index (χ1n) is 7.16. The van der Waals surface area contributed by atoms with E-state index in [0.717, 1.165) is 18.2 Å². The van der Waals surface area contributed by atoms with Crippen molar-refractivity contribution in [3.63, 3.8) is 0 Å². The molecule has 120 valence electrons. The summed E-state index contributed by atoms with van der Waals surface area (Å²) in [7, 11) is 0. The van der Waals surface area contributed by atoms with Crippen LogP contribution >= 0.6 is 0 Å². The molecule has 4 nitrogen and oxygen atoms in total. The molecule has 0 spiro atoms. The first-order valence-corrected chi connectivity index (χ1v) is 7.16. The molecule has 2 rings (SSSR count). The maximum absolute atomic E-state index is 13.5. The highest BCUT2D eigenvalue weighted by molar-refractivity contribution is 5.76. The van der Waals surface area contributed by atoms with E-state index in [1.165, 1.54) is 0 Å². The molecule has 1 aromatic rings. The molecule has 0 aliphatic carbocycles. The van der Waals surface area contributed by atoms with Gasteiger partial charge >= 0.3 is 0 Å². The third-order valence-corrected chi connectivity index (χ3v) is 3.60. The van der Waals surface area contributed by atoms with Gasteiger partial charge in [-0.25, -0.2) is 8.78 Å². The molecule has 0 saturated carbocycles. The maximum Gasteiger partial charge on any atom is 0.223 e. The number of carbonyl (C=O) groups excluding carboxylic acids is 1. The molecule has 0 radical (unpaired) electrons. The Morgan fingerprint density at radius 3 is 2.91 bits per heavy atom. The molecule has 1 heterocycles. The van der Waals surface area contributed by atoms with E-state index in [4.69, 9.17) is 9.84 Å². The van der Waals surface area contributed by atoms with Crippen LogP contribution in [-0.4, -0.2) is 41.7 Å². The van der Waals surface area contributed by atoms with Crippen LogP contribution in [0.25, 0.3) is 0 Å². The van der Waals surface area contributed by atoms with Crippen molar-refractivity contribution in [2.24, 2.45) is 0 Å². The SMILES string of the molecule is C=C(CO)CCC(=O)N1CCC(Oc2cc(F)ccc2F)C1. The lowest BCUT2D eigenvalue weighted by atomic mass is 10.1. The predicted octanol–water partition coefficient (Wildman–Crippen LogP) is 2.27. The fourth-order valence-electron chi connectivity index (χ4n) is 2.32. The summed E-state index contributed by atoms with van der Waals surface area (Å²) in [5.41, 5.74) is 0.613. The number of aliphatic hydroxyl groups is 1. The van der Waals surface area contributed by atoms with Crippen molar-refractivity contribution >= 4 is 5.91 Å². The number of hydrogen-bond acceptors (Lipinski definition) is 3. The van der Waals surface area contributed by atoms with Crippen molar-refractivity contribution in [2.45, 2.75) is 25.4 Å². The molecule has 1 fully saturated rings. The summed E-state index contributed by atoms with van der Waals surface area (Å²) in [6.07, 6.45) is 0.945. The second-order valence-corrected chi connectivity index (χ2v) is 5.35. The average Bonchev–Trinajstić information content (AvgIpc) is 2.96. The van der Waals surface area contributed by atoms with Crippen molar-refractivity contribution in [3.8, 4) is 5.75 Å². The Morgan fingerprint density at radius 2 is 2.18 bits per heavy atom. The van der Waals surface area contributed by atoms with Gasteiger partial charge < -0.3 is 14.7 Å². The molecule has 1 atom stereocenters. The second kappa shape index (κ2) is 7.35. The summed E-state index contributed by atoms with van der Waals surface area (Å²) >= 11 is 0. The summed E-state index contributed by atoms with van der Waals surface area (Å²) in [6.45, 7) is 4.38. The highest BCUT2D eigenvalue weighted by Crippen LogP contribution is 2.23. The Labute approximate surface area is 128 Å². The summed E-state index contributed by atoms with van der Waals surface area (Å²) in [4.78, 5) is 13.6. The van der Waals surface area contributed by atoms with Gasteiger partial charge in [-0.15, -0.1) is 0 Å². The smallest absolute Gasteiger partial charge is 0.223 e. The molecule has 0 bridgehead atoms. The summed E-state index contributed by atoms with van der Waals surface area (Å²) in [6, 6.07) is 3.05. The molecule has 22 heavy (non-hydrogen) atoms. The highest BCUT2D eigenvalue weighted by Gasteiger charge is 2.28. The van der Waals surface area contributed by atoms with Gasteiger partial charge in [0.15, 0.2) is 11.6 Å². The number of ether oxygens (including phenoxy) is 1. The van der Waals surface area contributed by atoms with Gasteiger partial charge in [-0.1, -0.05) is 12.2 Å². The van der Waals surface area contributed by atoms with Gasteiger partial charge in [0.2, 0.25) is 5.91 Å². The number of carbonyl (C=O) groups is 1. The third kappa shape index (κ3) is 4.27. The zero-order valence-electron chi connectivity index (χ0n) is 12.2. The molecule has 1 saturated heterocycles. The van der Waals surface area contributed by atoms with E-state index in [2.05, 4.69) is 6.58 Å². The first-order chi connectivity index (χ1) is 10.5. The Balaban J connectivity index is 1.86. The Bertz CT molecular complexity index is 562. The second-order valence-electron chi connectivity index (χ2n) is 5.35. The molecular weight excluding hydrogens is 292 g/mol. The monoisotopic (exact) mass is 311 g/mol. The summed E-state index contributed by atoms with van der Waals surface area (Å²) in [5.74, 6) is -1.37. The first kappa shape index (κ1) is 16.4. The number of nitrogens with zero attached hydrogens (tertiary/aromatic N) is 1. The van der Waals surface area contributed by atoms with E-state index in [9.17, 15) is 13.6 Å². The van der Waals surface area contributed by atoms with E-state index in [-0.39, 0.29) is 30.8 Å². The van der Waals surface area contributed by atoms with Gasteiger partial charge in [0.25, 0.3) is 0 Å². The quantitative estimate of drug-likeness (QED) is 0.820. The molecule has 1 N–H and O–H groups in total.